The number of methoxy groups -OCH3 is 1. The quantitative estimate of drug-likeness (QED) is 0.550. The number of nitrogens with zero attached hydrogens (tertiary/aromatic N) is 1. The van der Waals surface area contributed by atoms with Crippen LogP contribution in [0.5, 0.6) is 11.5 Å². The second-order valence-electron chi connectivity index (χ2n) is 6.93. The van der Waals surface area contributed by atoms with E-state index in [4.69, 9.17) is 9.47 Å². The van der Waals surface area contributed by atoms with Gasteiger partial charge in [0.25, 0.3) is 0 Å². The number of carbonyl (C=O) groups is 2. The Morgan fingerprint density at radius 2 is 1.74 bits per heavy atom. The molecule has 160 valence electrons. The molecule has 1 unspecified atom stereocenters. The van der Waals surface area contributed by atoms with Crippen LogP contribution in [0.2, 0.25) is 0 Å². The van der Waals surface area contributed by atoms with Crippen molar-refractivity contribution in [3.8, 4) is 11.5 Å². The maximum absolute atomic E-state index is 12.7. The van der Waals surface area contributed by atoms with E-state index < -0.39 is 6.04 Å². The maximum atomic E-state index is 12.7. The Morgan fingerprint density at radius 3 is 2.42 bits per heavy atom. The standard InChI is InChI=1S/C24H25N3O4/c1-17(28)26-21(19-6-4-3-5-7-19)15-24(29)27-20-8-9-22(30-2)23(14-20)31-16-18-10-12-25-13-11-18/h3-14,21H,15-16H2,1-2H3,(H,26,28)(H,27,29). The molecular formula is C24H25N3O4. The second kappa shape index (κ2) is 10.8. The zero-order valence-electron chi connectivity index (χ0n) is 17.5. The van der Waals surface area contributed by atoms with Gasteiger partial charge in [-0.3, -0.25) is 14.6 Å². The molecular weight excluding hydrogens is 394 g/mol. The number of amides is 2. The molecule has 0 fully saturated rings. The molecule has 31 heavy (non-hydrogen) atoms. The van der Waals surface area contributed by atoms with Gasteiger partial charge in [0, 0.05) is 31.1 Å². The topological polar surface area (TPSA) is 89.6 Å². The van der Waals surface area contributed by atoms with Crippen LogP contribution in [0, 0.1) is 0 Å². The van der Waals surface area contributed by atoms with Gasteiger partial charge in [-0.05, 0) is 35.4 Å². The van der Waals surface area contributed by atoms with E-state index in [0.29, 0.717) is 23.8 Å². The molecule has 3 aromatic rings. The summed E-state index contributed by atoms with van der Waals surface area (Å²) in [6.07, 6.45) is 3.50. The van der Waals surface area contributed by atoms with Gasteiger partial charge < -0.3 is 20.1 Å². The summed E-state index contributed by atoms with van der Waals surface area (Å²) in [5.41, 5.74) is 2.40. The average molecular weight is 419 g/mol. The Hall–Kier alpha value is -3.87. The minimum absolute atomic E-state index is 0.100. The van der Waals surface area contributed by atoms with Crippen LogP contribution >= 0.6 is 0 Å². The average Bonchev–Trinajstić information content (AvgIpc) is 2.78. The van der Waals surface area contributed by atoms with Crippen molar-refractivity contribution in [3.63, 3.8) is 0 Å². The zero-order chi connectivity index (χ0) is 22.1. The second-order valence-corrected chi connectivity index (χ2v) is 6.93. The summed E-state index contributed by atoms with van der Waals surface area (Å²) in [7, 11) is 1.56. The number of pyridine rings is 1. The number of aromatic nitrogens is 1. The molecule has 2 aromatic carbocycles. The van der Waals surface area contributed by atoms with Crippen LogP contribution in [-0.2, 0) is 16.2 Å². The van der Waals surface area contributed by atoms with Crippen molar-refractivity contribution in [2.75, 3.05) is 12.4 Å². The number of hydrogen-bond acceptors (Lipinski definition) is 5. The van der Waals surface area contributed by atoms with Crippen LogP contribution in [0.25, 0.3) is 0 Å². The van der Waals surface area contributed by atoms with Crippen molar-refractivity contribution >= 4 is 17.5 Å². The highest BCUT2D eigenvalue weighted by Crippen LogP contribution is 2.31. The van der Waals surface area contributed by atoms with E-state index >= 15 is 0 Å². The highest BCUT2D eigenvalue weighted by molar-refractivity contribution is 5.92. The summed E-state index contributed by atoms with van der Waals surface area (Å²) < 4.78 is 11.2. The fraction of sp³-hybridized carbons (Fsp3) is 0.208. The van der Waals surface area contributed by atoms with E-state index in [1.54, 1.807) is 37.7 Å². The first kappa shape index (κ1) is 21.8. The molecule has 0 bridgehead atoms. The third-order valence-corrected chi connectivity index (χ3v) is 4.56. The summed E-state index contributed by atoms with van der Waals surface area (Å²) in [5, 5.41) is 5.70. The lowest BCUT2D eigenvalue weighted by atomic mass is 10.0. The van der Waals surface area contributed by atoms with Crippen molar-refractivity contribution < 1.29 is 19.1 Å². The van der Waals surface area contributed by atoms with Crippen molar-refractivity contribution in [3.05, 3.63) is 84.2 Å². The van der Waals surface area contributed by atoms with Crippen LogP contribution < -0.4 is 20.1 Å². The fourth-order valence-electron chi connectivity index (χ4n) is 3.09. The van der Waals surface area contributed by atoms with Crippen LogP contribution in [0.1, 0.15) is 30.5 Å². The van der Waals surface area contributed by atoms with Crippen LogP contribution in [0.15, 0.2) is 73.1 Å². The van der Waals surface area contributed by atoms with Gasteiger partial charge in [-0.15, -0.1) is 0 Å². The minimum Gasteiger partial charge on any atom is -0.493 e. The molecule has 0 spiro atoms. The van der Waals surface area contributed by atoms with Gasteiger partial charge in [-0.25, -0.2) is 0 Å². The highest BCUT2D eigenvalue weighted by Gasteiger charge is 2.17. The lowest BCUT2D eigenvalue weighted by Gasteiger charge is -2.18. The van der Waals surface area contributed by atoms with Crippen LogP contribution in [-0.4, -0.2) is 23.9 Å². The highest BCUT2D eigenvalue weighted by atomic mass is 16.5. The zero-order valence-corrected chi connectivity index (χ0v) is 17.5. The molecule has 2 amide bonds. The predicted molar refractivity (Wildman–Crippen MR) is 118 cm³/mol. The van der Waals surface area contributed by atoms with Crippen molar-refractivity contribution in [2.45, 2.75) is 26.0 Å². The molecule has 0 aliphatic rings. The maximum Gasteiger partial charge on any atom is 0.226 e. The molecule has 0 saturated carbocycles. The third kappa shape index (κ3) is 6.57. The summed E-state index contributed by atoms with van der Waals surface area (Å²) >= 11 is 0. The molecule has 7 nitrogen and oxygen atoms in total. The first-order valence-corrected chi connectivity index (χ1v) is 9.87. The lowest BCUT2D eigenvalue weighted by molar-refractivity contribution is -0.120. The first-order valence-electron chi connectivity index (χ1n) is 9.87. The molecule has 1 heterocycles. The van der Waals surface area contributed by atoms with E-state index in [2.05, 4.69) is 15.6 Å². The smallest absolute Gasteiger partial charge is 0.226 e. The summed E-state index contributed by atoms with van der Waals surface area (Å²) in [6.45, 7) is 1.78. The van der Waals surface area contributed by atoms with E-state index in [-0.39, 0.29) is 18.2 Å². The number of carbonyl (C=O) groups excluding carboxylic acids is 2. The summed E-state index contributed by atoms with van der Waals surface area (Å²) in [6, 6.07) is 17.9. The Bertz CT molecular complexity index is 1010. The number of hydrogen-bond donors (Lipinski definition) is 2. The monoisotopic (exact) mass is 419 g/mol. The lowest BCUT2D eigenvalue weighted by Crippen LogP contribution is -2.29. The predicted octanol–water partition coefficient (Wildman–Crippen LogP) is 3.88. The van der Waals surface area contributed by atoms with E-state index in [9.17, 15) is 9.59 Å². The Balaban J connectivity index is 1.69. The first-order chi connectivity index (χ1) is 15.0. The van der Waals surface area contributed by atoms with Crippen molar-refractivity contribution in [1.29, 1.82) is 0 Å². The Morgan fingerprint density at radius 1 is 1.00 bits per heavy atom. The molecule has 2 N–H and O–H groups in total. The van der Waals surface area contributed by atoms with Crippen molar-refractivity contribution in [1.82, 2.24) is 10.3 Å². The molecule has 3 rings (SSSR count). The number of anilines is 1. The normalized spacial score (nSPS) is 11.3. The van der Waals surface area contributed by atoms with Gasteiger partial charge in [-0.2, -0.15) is 0 Å². The number of ether oxygens (including phenoxy) is 2. The Kier molecular flexibility index (Phi) is 7.59. The molecule has 0 aliphatic heterocycles. The van der Waals surface area contributed by atoms with Gasteiger partial charge in [0.05, 0.1) is 19.6 Å². The SMILES string of the molecule is COc1ccc(NC(=O)CC(NC(C)=O)c2ccccc2)cc1OCc1ccncc1. The minimum atomic E-state index is -0.417. The molecule has 1 atom stereocenters. The largest absolute Gasteiger partial charge is 0.493 e. The summed E-state index contributed by atoms with van der Waals surface area (Å²) in [4.78, 5) is 28.3. The van der Waals surface area contributed by atoms with Gasteiger partial charge in [-0.1, -0.05) is 30.3 Å². The van der Waals surface area contributed by atoms with E-state index in [0.717, 1.165) is 11.1 Å². The number of nitrogens with one attached hydrogen (secondary N) is 2. The van der Waals surface area contributed by atoms with Gasteiger partial charge in [0.15, 0.2) is 11.5 Å². The fourth-order valence-corrected chi connectivity index (χ4v) is 3.09. The van der Waals surface area contributed by atoms with Gasteiger partial charge in [0.2, 0.25) is 11.8 Å². The van der Waals surface area contributed by atoms with Crippen LogP contribution in [0.3, 0.4) is 0 Å². The van der Waals surface area contributed by atoms with E-state index in [1.165, 1.54) is 6.92 Å². The Labute approximate surface area is 181 Å². The molecule has 0 radical (unpaired) electrons. The van der Waals surface area contributed by atoms with Crippen LogP contribution in [0.4, 0.5) is 5.69 Å². The third-order valence-electron chi connectivity index (χ3n) is 4.56. The van der Waals surface area contributed by atoms with Crippen molar-refractivity contribution in [2.24, 2.45) is 0 Å². The van der Waals surface area contributed by atoms with Gasteiger partial charge in [0.1, 0.15) is 6.61 Å². The van der Waals surface area contributed by atoms with Gasteiger partial charge >= 0.3 is 0 Å². The molecule has 0 aliphatic carbocycles. The summed E-state index contributed by atoms with van der Waals surface area (Å²) in [5.74, 6) is 0.650. The van der Waals surface area contributed by atoms with E-state index in [1.807, 2.05) is 42.5 Å². The molecule has 1 aromatic heterocycles. The number of rotatable bonds is 9. The number of benzene rings is 2. The molecule has 0 saturated heterocycles. The molecule has 7 heteroatoms.